The van der Waals surface area contributed by atoms with Gasteiger partial charge in [-0.25, -0.2) is 4.79 Å². The molecule has 1 saturated carbocycles. The molecular weight excluding hydrogens is 528 g/mol. The molecule has 1 aliphatic carbocycles. The van der Waals surface area contributed by atoms with Gasteiger partial charge in [0.25, 0.3) is 5.91 Å². The van der Waals surface area contributed by atoms with Crippen LogP contribution in [0.15, 0.2) is 48.8 Å². The van der Waals surface area contributed by atoms with Gasteiger partial charge in [0.05, 0.1) is 0 Å². The summed E-state index contributed by atoms with van der Waals surface area (Å²) >= 11 is 0. The van der Waals surface area contributed by atoms with Gasteiger partial charge < -0.3 is 10.1 Å². The van der Waals surface area contributed by atoms with E-state index in [1.165, 1.54) is 6.42 Å². The van der Waals surface area contributed by atoms with Crippen LogP contribution in [0.1, 0.15) is 111 Å². The van der Waals surface area contributed by atoms with Crippen LogP contribution in [-0.4, -0.2) is 51.5 Å². The molecule has 2 heterocycles. The minimum atomic E-state index is -0.954. The van der Waals surface area contributed by atoms with Crippen molar-refractivity contribution >= 4 is 23.6 Å². The highest BCUT2D eigenvalue weighted by atomic mass is 16.6. The Morgan fingerprint density at radius 1 is 0.952 bits per heavy atom. The number of likely N-dealkylation sites (tertiary alicyclic amines) is 1. The predicted molar refractivity (Wildman–Crippen MR) is 165 cm³/mol. The number of nitrogens with zero attached hydrogens (tertiary/aromatic N) is 3. The van der Waals surface area contributed by atoms with Crippen LogP contribution in [0.3, 0.4) is 0 Å². The first-order valence-electron chi connectivity index (χ1n) is 15.4. The molecule has 228 valence electrons. The third-order valence-electron chi connectivity index (χ3n) is 8.27. The zero-order valence-electron chi connectivity index (χ0n) is 26.4. The van der Waals surface area contributed by atoms with Gasteiger partial charge in [0.2, 0.25) is 5.91 Å². The molecule has 1 saturated heterocycles. The van der Waals surface area contributed by atoms with E-state index >= 15 is 0 Å². The number of anilines is 1. The van der Waals surface area contributed by atoms with Crippen molar-refractivity contribution in [2.75, 3.05) is 4.90 Å². The summed E-state index contributed by atoms with van der Waals surface area (Å²) in [5.74, 6) is -0.542. The summed E-state index contributed by atoms with van der Waals surface area (Å²) in [5, 5.41) is 3.26. The Hall–Kier alpha value is -3.42. The molecule has 1 aromatic carbocycles. The van der Waals surface area contributed by atoms with Crippen molar-refractivity contribution in [3.05, 3.63) is 59.9 Å². The van der Waals surface area contributed by atoms with Crippen LogP contribution in [0, 0.1) is 0 Å². The van der Waals surface area contributed by atoms with E-state index in [-0.39, 0.29) is 29.3 Å². The van der Waals surface area contributed by atoms with Crippen LogP contribution in [-0.2, 0) is 19.7 Å². The van der Waals surface area contributed by atoms with E-state index in [1.807, 2.05) is 58.0 Å². The van der Waals surface area contributed by atoms with Gasteiger partial charge in [0, 0.05) is 35.7 Å². The summed E-state index contributed by atoms with van der Waals surface area (Å²) in [6.07, 6.45) is 9.11. The van der Waals surface area contributed by atoms with E-state index in [4.69, 9.17) is 4.74 Å². The molecule has 1 aliphatic heterocycles. The van der Waals surface area contributed by atoms with Gasteiger partial charge in [-0.3, -0.25) is 24.4 Å². The van der Waals surface area contributed by atoms with Gasteiger partial charge in [0.15, 0.2) is 0 Å². The molecular formula is C34H48N4O4. The lowest BCUT2D eigenvalue weighted by atomic mass is 9.87. The van der Waals surface area contributed by atoms with E-state index < -0.39 is 23.8 Å². The van der Waals surface area contributed by atoms with Gasteiger partial charge in [-0.1, -0.05) is 58.2 Å². The summed E-state index contributed by atoms with van der Waals surface area (Å²) in [6.45, 7) is 13.8. The lowest BCUT2D eigenvalue weighted by Gasteiger charge is -2.37. The first-order valence-corrected chi connectivity index (χ1v) is 15.4. The van der Waals surface area contributed by atoms with Gasteiger partial charge in [-0.15, -0.1) is 0 Å². The highest BCUT2D eigenvalue weighted by Gasteiger charge is 2.45. The molecule has 2 aliphatic rings. The third-order valence-corrected chi connectivity index (χ3v) is 8.27. The average molecular weight is 577 g/mol. The fourth-order valence-corrected chi connectivity index (χ4v) is 6.02. The number of nitrogens with one attached hydrogen (secondary N) is 1. The van der Waals surface area contributed by atoms with Crippen LogP contribution >= 0.6 is 0 Å². The Morgan fingerprint density at radius 3 is 2.19 bits per heavy atom. The van der Waals surface area contributed by atoms with Crippen LogP contribution in [0.4, 0.5) is 10.5 Å². The maximum atomic E-state index is 14.7. The first-order chi connectivity index (χ1) is 19.8. The molecule has 1 aromatic heterocycles. The zero-order chi connectivity index (χ0) is 30.7. The second-order valence-corrected chi connectivity index (χ2v) is 13.9. The third kappa shape index (κ3) is 7.50. The highest BCUT2D eigenvalue weighted by Crippen LogP contribution is 2.35. The van der Waals surface area contributed by atoms with Gasteiger partial charge >= 0.3 is 6.09 Å². The average Bonchev–Trinajstić information content (AvgIpc) is 3.32. The SMILES string of the molecule is C[C@@H]1CC[C@H](C(=O)N(c2ccc(C(C)(C)C)cc2)C(C(=O)NC2CCCCC2)c2cccnc2)N1C(=O)OC(C)(C)C. The molecule has 3 atom stereocenters. The molecule has 1 N–H and O–H groups in total. The number of aromatic nitrogens is 1. The summed E-state index contributed by atoms with van der Waals surface area (Å²) < 4.78 is 5.73. The summed E-state index contributed by atoms with van der Waals surface area (Å²) in [7, 11) is 0. The topological polar surface area (TPSA) is 91.8 Å². The molecule has 3 amide bonds. The Bertz CT molecular complexity index is 1230. The largest absolute Gasteiger partial charge is 0.444 e. The van der Waals surface area contributed by atoms with Crippen molar-refractivity contribution < 1.29 is 19.1 Å². The van der Waals surface area contributed by atoms with Gasteiger partial charge in [-0.05, 0) is 82.6 Å². The number of pyridine rings is 1. The Kier molecular flexibility index (Phi) is 9.63. The molecule has 8 nitrogen and oxygen atoms in total. The second kappa shape index (κ2) is 12.8. The van der Waals surface area contributed by atoms with Crippen LogP contribution < -0.4 is 10.2 Å². The maximum absolute atomic E-state index is 14.7. The van der Waals surface area contributed by atoms with Crippen molar-refractivity contribution in [3.63, 3.8) is 0 Å². The predicted octanol–water partition coefficient (Wildman–Crippen LogP) is 6.69. The number of ether oxygens (including phenoxy) is 1. The molecule has 42 heavy (non-hydrogen) atoms. The number of hydrogen-bond donors (Lipinski definition) is 1. The van der Waals surface area contributed by atoms with Crippen molar-refractivity contribution in [3.8, 4) is 0 Å². The fourth-order valence-electron chi connectivity index (χ4n) is 6.02. The second-order valence-electron chi connectivity index (χ2n) is 13.9. The van der Waals surface area contributed by atoms with Gasteiger partial charge in [-0.2, -0.15) is 0 Å². The normalized spacial score (nSPS) is 20.6. The minimum absolute atomic E-state index is 0.0652. The quantitative estimate of drug-likeness (QED) is 0.414. The van der Waals surface area contributed by atoms with Crippen LogP contribution in [0.5, 0.6) is 0 Å². The van der Waals surface area contributed by atoms with E-state index in [0.29, 0.717) is 24.1 Å². The summed E-state index contributed by atoms with van der Waals surface area (Å²) in [4.78, 5) is 49.8. The van der Waals surface area contributed by atoms with E-state index in [0.717, 1.165) is 31.2 Å². The number of carbonyl (C=O) groups is 3. The minimum Gasteiger partial charge on any atom is -0.444 e. The summed E-state index contributed by atoms with van der Waals surface area (Å²) in [5.41, 5.74) is 1.56. The number of carbonyl (C=O) groups excluding carboxylic acids is 3. The standard InChI is InChI=1S/C34H48N4O4/c1-23-15-20-28(37(23)32(41)42-34(5,6)7)31(40)38(27-18-16-25(17-19-27)33(2,3)4)29(24-12-11-21-35-22-24)30(39)36-26-13-9-8-10-14-26/h11-12,16-19,21-23,26,28-29H,8-10,13-15,20H2,1-7H3,(H,36,39)/t23-,28-,29?/m1/s1. The first kappa shape index (κ1) is 31.5. The summed E-state index contributed by atoms with van der Waals surface area (Å²) in [6, 6.07) is 9.64. The zero-order valence-corrected chi connectivity index (χ0v) is 26.4. The Labute approximate surface area is 251 Å². The maximum Gasteiger partial charge on any atom is 0.411 e. The molecule has 8 heteroatoms. The molecule has 2 fully saturated rings. The van der Waals surface area contributed by atoms with Crippen molar-refractivity contribution in [2.45, 2.75) is 129 Å². The number of amides is 3. The van der Waals surface area contributed by atoms with E-state index in [2.05, 4.69) is 31.1 Å². The Morgan fingerprint density at radius 2 is 1.62 bits per heavy atom. The van der Waals surface area contributed by atoms with E-state index in [9.17, 15) is 14.4 Å². The van der Waals surface area contributed by atoms with Crippen LogP contribution in [0.25, 0.3) is 0 Å². The molecule has 0 radical (unpaired) electrons. The van der Waals surface area contributed by atoms with Crippen molar-refractivity contribution in [1.29, 1.82) is 0 Å². The number of benzene rings is 1. The molecule has 1 unspecified atom stereocenters. The fraction of sp³-hybridized carbons (Fsp3) is 0.588. The smallest absolute Gasteiger partial charge is 0.411 e. The number of hydrogen-bond acceptors (Lipinski definition) is 5. The van der Waals surface area contributed by atoms with Crippen LogP contribution in [0.2, 0.25) is 0 Å². The number of rotatable bonds is 6. The molecule has 2 aromatic rings. The van der Waals surface area contributed by atoms with E-state index in [1.54, 1.807) is 28.3 Å². The lowest BCUT2D eigenvalue weighted by Crippen LogP contribution is -2.54. The molecule has 0 bridgehead atoms. The van der Waals surface area contributed by atoms with Gasteiger partial charge in [0.1, 0.15) is 17.7 Å². The molecule has 0 spiro atoms. The Balaban J connectivity index is 1.79. The monoisotopic (exact) mass is 576 g/mol. The highest BCUT2D eigenvalue weighted by molar-refractivity contribution is 6.04. The lowest BCUT2D eigenvalue weighted by molar-refractivity contribution is -0.129. The molecule has 4 rings (SSSR count). The van der Waals surface area contributed by atoms with Crippen molar-refractivity contribution in [1.82, 2.24) is 15.2 Å². The van der Waals surface area contributed by atoms with Crippen molar-refractivity contribution in [2.24, 2.45) is 0 Å².